The zero-order valence-corrected chi connectivity index (χ0v) is 22.5. The maximum Gasteiger partial charge on any atom is 0.261 e. The summed E-state index contributed by atoms with van der Waals surface area (Å²) in [6.45, 7) is 5.42. The Labute approximate surface area is 221 Å². The van der Waals surface area contributed by atoms with Gasteiger partial charge in [-0.15, -0.1) is 0 Å². The summed E-state index contributed by atoms with van der Waals surface area (Å²) in [7, 11) is 0. The van der Waals surface area contributed by atoms with E-state index in [0.717, 1.165) is 35.2 Å². The van der Waals surface area contributed by atoms with Crippen LogP contribution in [0.15, 0.2) is 77.3 Å². The summed E-state index contributed by atoms with van der Waals surface area (Å²) >= 11 is 8.80. The Balaban J connectivity index is 1.52. The molecular weight excluding hydrogens is 524 g/mol. The van der Waals surface area contributed by atoms with Crippen LogP contribution < -0.4 is 20.1 Å². The molecule has 0 spiro atoms. The van der Waals surface area contributed by atoms with Crippen LogP contribution in [-0.4, -0.2) is 24.2 Å². The average molecular weight is 556 g/mol. The van der Waals surface area contributed by atoms with Crippen LogP contribution >= 0.6 is 28.1 Å². The van der Waals surface area contributed by atoms with Crippen molar-refractivity contribution in [2.45, 2.75) is 33.1 Å². The summed E-state index contributed by atoms with van der Waals surface area (Å²) < 4.78 is 12.5. The number of hydrogen-bond acceptors (Lipinski definition) is 4. The lowest BCUT2D eigenvalue weighted by molar-refractivity contribution is 0.0973. The van der Waals surface area contributed by atoms with Gasteiger partial charge in [0.05, 0.1) is 18.8 Å². The highest BCUT2D eigenvalue weighted by molar-refractivity contribution is 9.10. The topological polar surface area (TPSA) is 59.6 Å². The molecule has 0 aliphatic rings. The van der Waals surface area contributed by atoms with Gasteiger partial charge in [-0.2, -0.15) is 0 Å². The summed E-state index contributed by atoms with van der Waals surface area (Å²) in [5, 5.41) is 6.00. The van der Waals surface area contributed by atoms with Gasteiger partial charge in [-0.3, -0.25) is 10.1 Å². The fourth-order valence-corrected chi connectivity index (χ4v) is 3.89. The lowest BCUT2D eigenvalue weighted by Crippen LogP contribution is -2.34. The first-order chi connectivity index (χ1) is 16.9. The Bertz CT molecular complexity index is 1120. The summed E-state index contributed by atoms with van der Waals surface area (Å²) in [5.41, 5.74) is 2.45. The third kappa shape index (κ3) is 9.34. The second-order valence-electron chi connectivity index (χ2n) is 8.55. The van der Waals surface area contributed by atoms with Crippen LogP contribution in [0, 0.1) is 5.92 Å². The Morgan fingerprint density at radius 1 is 0.971 bits per heavy atom. The van der Waals surface area contributed by atoms with Crippen LogP contribution in [0.25, 0.3) is 0 Å². The highest BCUT2D eigenvalue weighted by atomic mass is 79.9. The molecule has 0 aromatic heterocycles. The van der Waals surface area contributed by atoms with Crippen LogP contribution in [0.1, 0.15) is 42.6 Å². The van der Waals surface area contributed by atoms with E-state index < -0.39 is 0 Å². The Morgan fingerprint density at radius 3 is 2.54 bits per heavy atom. The lowest BCUT2D eigenvalue weighted by Gasteiger charge is -2.14. The van der Waals surface area contributed by atoms with E-state index in [9.17, 15) is 4.79 Å². The smallest absolute Gasteiger partial charge is 0.261 e. The van der Waals surface area contributed by atoms with Gasteiger partial charge in [0.25, 0.3) is 5.91 Å². The molecule has 3 rings (SSSR count). The van der Waals surface area contributed by atoms with Gasteiger partial charge in [0.1, 0.15) is 11.5 Å². The van der Waals surface area contributed by atoms with Gasteiger partial charge >= 0.3 is 0 Å². The van der Waals surface area contributed by atoms with E-state index in [0.29, 0.717) is 30.4 Å². The third-order valence-corrected chi connectivity index (χ3v) is 5.88. The second kappa shape index (κ2) is 13.9. The predicted octanol–water partition coefficient (Wildman–Crippen LogP) is 7.01. The fraction of sp³-hybridized carbons (Fsp3) is 0.286. The number of aryl methyl sites for hydroxylation is 1. The molecule has 1 amide bonds. The molecular formula is C28H31BrN2O3S. The molecule has 5 nitrogen and oxygen atoms in total. The number of hydrogen-bond donors (Lipinski definition) is 2. The number of ether oxygens (including phenoxy) is 2. The Morgan fingerprint density at radius 2 is 1.77 bits per heavy atom. The number of thiocarbonyl (C=S) groups is 1. The van der Waals surface area contributed by atoms with E-state index in [4.69, 9.17) is 21.7 Å². The summed E-state index contributed by atoms with van der Waals surface area (Å²) in [4.78, 5) is 12.9. The van der Waals surface area contributed by atoms with Gasteiger partial charge < -0.3 is 14.8 Å². The zero-order valence-electron chi connectivity index (χ0n) is 20.1. The molecule has 0 atom stereocenters. The highest BCUT2D eigenvalue weighted by Crippen LogP contribution is 2.24. The molecule has 0 saturated heterocycles. The predicted molar refractivity (Wildman–Crippen MR) is 149 cm³/mol. The summed E-state index contributed by atoms with van der Waals surface area (Å²) in [6, 6.07) is 23.2. The van der Waals surface area contributed by atoms with Gasteiger partial charge in [-0.25, -0.2) is 0 Å². The Kier molecular flexibility index (Phi) is 10.6. The van der Waals surface area contributed by atoms with Crippen molar-refractivity contribution in [3.8, 4) is 11.5 Å². The first-order valence-electron chi connectivity index (χ1n) is 11.7. The van der Waals surface area contributed by atoms with Crippen molar-refractivity contribution in [1.29, 1.82) is 0 Å². The van der Waals surface area contributed by atoms with Crippen molar-refractivity contribution >= 4 is 44.9 Å². The normalized spacial score (nSPS) is 10.6. The minimum atomic E-state index is -0.336. The second-order valence-corrected chi connectivity index (χ2v) is 9.87. The fourth-order valence-electron chi connectivity index (χ4n) is 3.32. The van der Waals surface area contributed by atoms with E-state index >= 15 is 0 Å². The van der Waals surface area contributed by atoms with Gasteiger partial charge in [-0.05, 0) is 73.3 Å². The molecule has 3 aromatic rings. The third-order valence-electron chi connectivity index (χ3n) is 5.18. The number of carbonyl (C=O) groups excluding carboxylic acids is 1. The first kappa shape index (κ1) is 26.7. The van der Waals surface area contributed by atoms with Gasteiger partial charge in [0.2, 0.25) is 0 Å². The molecule has 0 radical (unpaired) electrons. The monoisotopic (exact) mass is 554 g/mol. The molecule has 0 bridgehead atoms. The number of anilines is 1. The van der Waals surface area contributed by atoms with Crippen molar-refractivity contribution < 1.29 is 14.3 Å². The molecule has 0 saturated carbocycles. The Hall–Kier alpha value is -2.90. The molecule has 3 aromatic carbocycles. The molecule has 0 aliphatic heterocycles. The number of rotatable bonds is 11. The molecule has 184 valence electrons. The van der Waals surface area contributed by atoms with E-state index in [1.54, 1.807) is 12.1 Å². The highest BCUT2D eigenvalue weighted by Gasteiger charge is 2.15. The first-order valence-corrected chi connectivity index (χ1v) is 12.9. The van der Waals surface area contributed by atoms with Crippen LogP contribution in [0.2, 0.25) is 0 Å². The van der Waals surface area contributed by atoms with Crippen molar-refractivity contribution in [3.63, 3.8) is 0 Å². The molecule has 35 heavy (non-hydrogen) atoms. The SMILES string of the molecule is CC(C)CCOc1ccc(Br)cc1C(=O)NC(=S)Nc1cccc(OCCCc2ccccc2)c1. The molecule has 0 aliphatic carbocycles. The minimum Gasteiger partial charge on any atom is -0.494 e. The quantitative estimate of drug-likeness (QED) is 0.197. The summed E-state index contributed by atoms with van der Waals surface area (Å²) in [5.74, 6) is 1.45. The maximum atomic E-state index is 12.9. The van der Waals surface area contributed by atoms with Crippen LogP contribution in [0.4, 0.5) is 5.69 Å². The number of benzene rings is 3. The van der Waals surface area contributed by atoms with E-state index in [2.05, 4.69) is 52.5 Å². The molecule has 0 heterocycles. The lowest BCUT2D eigenvalue weighted by atomic mass is 10.1. The largest absolute Gasteiger partial charge is 0.494 e. The van der Waals surface area contributed by atoms with Crippen LogP contribution in [0.5, 0.6) is 11.5 Å². The molecule has 2 N–H and O–H groups in total. The minimum absolute atomic E-state index is 0.198. The number of carbonyl (C=O) groups is 1. The van der Waals surface area contributed by atoms with E-state index in [1.807, 2.05) is 48.5 Å². The maximum absolute atomic E-state index is 12.9. The number of nitrogens with one attached hydrogen (secondary N) is 2. The van der Waals surface area contributed by atoms with Gasteiger partial charge in [0.15, 0.2) is 5.11 Å². The van der Waals surface area contributed by atoms with E-state index in [-0.39, 0.29) is 11.0 Å². The van der Waals surface area contributed by atoms with E-state index in [1.165, 1.54) is 5.56 Å². The van der Waals surface area contributed by atoms with Crippen molar-refractivity contribution in [3.05, 3.63) is 88.4 Å². The standard InChI is InChI=1S/C28H31BrN2O3S/c1-20(2)15-17-34-26-14-13-22(29)18-25(26)27(32)31-28(35)30-23-11-6-12-24(19-23)33-16-7-10-21-8-4-3-5-9-21/h3-6,8-9,11-14,18-20H,7,10,15-17H2,1-2H3,(H2,30,31,32,35). The van der Waals surface area contributed by atoms with Crippen LogP contribution in [0.3, 0.4) is 0 Å². The average Bonchev–Trinajstić information content (AvgIpc) is 2.83. The van der Waals surface area contributed by atoms with Crippen molar-refractivity contribution in [2.24, 2.45) is 5.92 Å². The number of halogens is 1. The zero-order chi connectivity index (χ0) is 25.0. The van der Waals surface area contributed by atoms with Crippen molar-refractivity contribution in [1.82, 2.24) is 5.32 Å². The van der Waals surface area contributed by atoms with Gasteiger partial charge in [-0.1, -0.05) is 66.2 Å². The molecule has 0 fully saturated rings. The molecule has 7 heteroatoms. The number of amides is 1. The van der Waals surface area contributed by atoms with Crippen LogP contribution in [-0.2, 0) is 6.42 Å². The summed E-state index contributed by atoms with van der Waals surface area (Å²) in [6.07, 6.45) is 2.79. The van der Waals surface area contributed by atoms with Crippen molar-refractivity contribution in [2.75, 3.05) is 18.5 Å². The van der Waals surface area contributed by atoms with Gasteiger partial charge in [0, 0.05) is 16.2 Å². The molecule has 0 unspecified atom stereocenters.